The van der Waals surface area contributed by atoms with E-state index in [1.165, 1.54) is 6.07 Å². The van der Waals surface area contributed by atoms with Gasteiger partial charge in [-0.3, -0.25) is 0 Å². The summed E-state index contributed by atoms with van der Waals surface area (Å²) in [6.07, 6.45) is 0. The van der Waals surface area contributed by atoms with Crippen molar-refractivity contribution in [2.75, 3.05) is 0 Å². The van der Waals surface area contributed by atoms with Crippen LogP contribution in [0.25, 0.3) is 5.69 Å². The highest BCUT2D eigenvalue weighted by Gasteiger charge is 2.10. The van der Waals surface area contributed by atoms with Gasteiger partial charge in [0, 0.05) is 17.1 Å². The Morgan fingerprint density at radius 2 is 1.65 bits per heavy atom. The zero-order chi connectivity index (χ0) is 12.6. The predicted octanol–water partition coefficient (Wildman–Crippen LogP) is 1.74. The fourth-order valence-corrected chi connectivity index (χ4v) is 2.43. The van der Waals surface area contributed by atoms with Gasteiger partial charge in [0.05, 0.1) is 4.90 Å². The maximum absolute atomic E-state index is 11.3. The van der Waals surface area contributed by atoms with Crippen molar-refractivity contribution in [1.29, 1.82) is 0 Å². The second-order valence-corrected chi connectivity index (χ2v) is 5.56. The Labute approximate surface area is 101 Å². The van der Waals surface area contributed by atoms with Crippen LogP contribution in [0.3, 0.4) is 0 Å². The van der Waals surface area contributed by atoms with E-state index in [2.05, 4.69) is 0 Å². The number of hydrogen-bond donors (Lipinski definition) is 1. The quantitative estimate of drug-likeness (QED) is 0.882. The SMILES string of the molecule is Cc1ccc(C)n1-c1cccc(S(N)(=O)=O)c1. The Balaban J connectivity index is 2.63. The first-order chi connectivity index (χ1) is 7.89. The van der Waals surface area contributed by atoms with Crippen molar-refractivity contribution in [2.45, 2.75) is 18.7 Å². The summed E-state index contributed by atoms with van der Waals surface area (Å²) >= 11 is 0. The van der Waals surface area contributed by atoms with E-state index in [0.717, 1.165) is 17.1 Å². The van der Waals surface area contributed by atoms with Gasteiger partial charge in [0.15, 0.2) is 0 Å². The number of sulfonamides is 1. The number of hydrogen-bond acceptors (Lipinski definition) is 2. The Morgan fingerprint density at radius 3 is 2.18 bits per heavy atom. The second kappa shape index (κ2) is 4.01. The van der Waals surface area contributed by atoms with Crippen LogP contribution in [0.2, 0.25) is 0 Å². The zero-order valence-electron chi connectivity index (χ0n) is 9.71. The van der Waals surface area contributed by atoms with E-state index in [-0.39, 0.29) is 4.90 Å². The van der Waals surface area contributed by atoms with Crippen molar-refractivity contribution in [3.05, 3.63) is 47.8 Å². The number of primary sulfonamides is 1. The molecular weight excluding hydrogens is 236 g/mol. The fourth-order valence-electron chi connectivity index (χ4n) is 1.88. The summed E-state index contributed by atoms with van der Waals surface area (Å²) in [6.45, 7) is 3.94. The average molecular weight is 250 g/mol. The molecule has 2 rings (SSSR count). The molecule has 0 aliphatic carbocycles. The highest BCUT2D eigenvalue weighted by molar-refractivity contribution is 7.89. The highest BCUT2D eigenvalue weighted by Crippen LogP contribution is 2.18. The maximum atomic E-state index is 11.3. The van der Waals surface area contributed by atoms with Crippen LogP contribution in [0.15, 0.2) is 41.3 Å². The van der Waals surface area contributed by atoms with Crippen molar-refractivity contribution in [3.8, 4) is 5.69 Å². The van der Waals surface area contributed by atoms with Crippen LogP contribution in [0.4, 0.5) is 0 Å². The van der Waals surface area contributed by atoms with Crippen LogP contribution < -0.4 is 5.14 Å². The second-order valence-electron chi connectivity index (χ2n) is 3.99. The first kappa shape index (κ1) is 11.9. The van der Waals surface area contributed by atoms with E-state index < -0.39 is 10.0 Å². The van der Waals surface area contributed by atoms with Gasteiger partial charge in [0.25, 0.3) is 0 Å². The summed E-state index contributed by atoms with van der Waals surface area (Å²) in [4.78, 5) is 0.127. The summed E-state index contributed by atoms with van der Waals surface area (Å²) in [7, 11) is -3.66. The molecule has 0 saturated heterocycles. The predicted molar refractivity (Wildman–Crippen MR) is 66.6 cm³/mol. The summed E-state index contributed by atoms with van der Waals surface area (Å²) in [5.74, 6) is 0. The number of benzene rings is 1. The first-order valence-corrected chi connectivity index (χ1v) is 6.72. The zero-order valence-corrected chi connectivity index (χ0v) is 10.5. The Morgan fingerprint density at radius 1 is 1.06 bits per heavy atom. The van der Waals surface area contributed by atoms with Gasteiger partial charge in [0.2, 0.25) is 10.0 Å². The molecule has 0 bridgehead atoms. The molecule has 0 saturated carbocycles. The van der Waals surface area contributed by atoms with E-state index in [9.17, 15) is 8.42 Å². The molecule has 0 amide bonds. The minimum absolute atomic E-state index is 0.127. The largest absolute Gasteiger partial charge is 0.318 e. The minimum atomic E-state index is -3.66. The fraction of sp³-hybridized carbons (Fsp3) is 0.167. The van der Waals surface area contributed by atoms with Gasteiger partial charge in [0.1, 0.15) is 0 Å². The van der Waals surface area contributed by atoms with Gasteiger partial charge in [-0.05, 0) is 44.2 Å². The molecule has 1 heterocycles. The maximum Gasteiger partial charge on any atom is 0.238 e. The van der Waals surface area contributed by atoms with E-state index in [0.29, 0.717) is 0 Å². The summed E-state index contributed by atoms with van der Waals surface area (Å²) < 4.78 is 24.6. The summed E-state index contributed by atoms with van der Waals surface area (Å²) in [6, 6.07) is 10.6. The molecule has 0 radical (unpaired) electrons. The molecule has 2 N–H and O–H groups in total. The van der Waals surface area contributed by atoms with Gasteiger partial charge in [-0.25, -0.2) is 13.6 Å². The third-order valence-electron chi connectivity index (χ3n) is 2.68. The standard InChI is InChI=1S/C12H14N2O2S/c1-9-6-7-10(2)14(9)11-4-3-5-12(8-11)17(13,15)16/h3-8H,1-2H3,(H2,13,15,16). The van der Waals surface area contributed by atoms with Crippen LogP contribution in [0.5, 0.6) is 0 Å². The van der Waals surface area contributed by atoms with Crippen LogP contribution in [-0.4, -0.2) is 13.0 Å². The van der Waals surface area contributed by atoms with E-state index >= 15 is 0 Å². The van der Waals surface area contributed by atoms with Crippen LogP contribution in [0.1, 0.15) is 11.4 Å². The molecule has 0 unspecified atom stereocenters. The van der Waals surface area contributed by atoms with Crippen molar-refractivity contribution in [1.82, 2.24) is 4.57 Å². The molecule has 1 aromatic carbocycles. The summed E-state index contributed by atoms with van der Waals surface area (Å²) in [5.41, 5.74) is 2.90. The van der Waals surface area contributed by atoms with Crippen LogP contribution in [-0.2, 0) is 10.0 Å². The smallest absolute Gasteiger partial charge is 0.238 e. The van der Waals surface area contributed by atoms with E-state index in [1.54, 1.807) is 12.1 Å². The lowest BCUT2D eigenvalue weighted by Crippen LogP contribution is -2.12. The molecule has 2 aromatic rings. The molecule has 4 nitrogen and oxygen atoms in total. The minimum Gasteiger partial charge on any atom is -0.318 e. The van der Waals surface area contributed by atoms with Crippen molar-refractivity contribution in [2.24, 2.45) is 5.14 Å². The number of rotatable bonds is 2. The third kappa shape index (κ3) is 2.25. The lowest BCUT2D eigenvalue weighted by atomic mass is 10.3. The Bertz CT molecular complexity index is 637. The van der Waals surface area contributed by atoms with Crippen LogP contribution in [0, 0.1) is 13.8 Å². The molecule has 90 valence electrons. The van der Waals surface area contributed by atoms with E-state index in [1.807, 2.05) is 36.6 Å². The molecule has 0 aliphatic heterocycles. The lowest BCUT2D eigenvalue weighted by Gasteiger charge is -2.10. The number of aryl methyl sites for hydroxylation is 2. The topological polar surface area (TPSA) is 65.1 Å². The van der Waals surface area contributed by atoms with Gasteiger partial charge < -0.3 is 4.57 Å². The molecular formula is C12H14N2O2S. The average Bonchev–Trinajstić information content (AvgIpc) is 2.57. The van der Waals surface area contributed by atoms with Crippen LogP contribution >= 0.6 is 0 Å². The Hall–Kier alpha value is -1.59. The molecule has 17 heavy (non-hydrogen) atoms. The molecule has 5 heteroatoms. The molecule has 1 aromatic heterocycles. The monoisotopic (exact) mass is 250 g/mol. The number of nitrogens with two attached hydrogens (primary N) is 1. The van der Waals surface area contributed by atoms with Gasteiger partial charge in [-0.15, -0.1) is 0 Å². The Kier molecular flexibility index (Phi) is 2.81. The van der Waals surface area contributed by atoms with Gasteiger partial charge >= 0.3 is 0 Å². The first-order valence-electron chi connectivity index (χ1n) is 5.18. The normalized spacial score (nSPS) is 11.7. The molecule has 0 atom stereocenters. The van der Waals surface area contributed by atoms with E-state index in [4.69, 9.17) is 5.14 Å². The highest BCUT2D eigenvalue weighted by atomic mass is 32.2. The summed E-state index contributed by atoms with van der Waals surface area (Å²) in [5, 5.41) is 5.12. The van der Waals surface area contributed by atoms with Crippen molar-refractivity contribution >= 4 is 10.0 Å². The number of aromatic nitrogens is 1. The molecule has 0 fully saturated rings. The van der Waals surface area contributed by atoms with Gasteiger partial charge in [-0.1, -0.05) is 6.07 Å². The number of nitrogens with zero attached hydrogens (tertiary/aromatic N) is 1. The van der Waals surface area contributed by atoms with Crippen molar-refractivity contribution < 1.29 is 8.42 Å². The molecule has 0 spiro atoms. The lowest BCUT2D eigenvalue weighted by molar-refractivity contribution is 0.597. The van der Waals surface area contributed by atoms with Crippen molar-refractivity contribution in [3.63, 3.8) is 0 Å². The molecule has 0 aliphatic rings. The van der Waals surface area contributed by atoms with Gasteiger partial charge in [-0.2, -0.15) is 0 Å². The third-order valence-corrected chi connectivity index (χ3v) is 3.59.